The number of nitrogens with zero attached hydrogens (tertiary/aromatic N) is 1. The van der Waals surface area contributed by atoms with E-state index in [1.54, 1.807) is 31.2 Å². The molecule has 12 heteroatoms. The minimum atomic E-state index is -0.753. The average Bonchev–Trinajstić information content (AvgIpc) is 3.15. The van der Waals surface area contributed by atoms with Crippen LogP contribution in [0.4, 0.5) is 16.4 Å². The number of carbonyl (C=O) groups is 3. The van der Waals surface area contributed by atoms with Gasteiger partial charge in [0.15, 0.2) is 0 Å². The molecule has 1 heterocycles. The Morgan fingerprint density at radius 1 is 1.09 bits per heavy atom. The molecule has 2 amide bonds. The first kappa shape index (κ1) is 25.7. The fraction of sp³-hybridized carbons (Fsp3) is 0.174. The number of methoxy groups -OCH3 is 1. The smallest absolute Gasteiger partial charge is 0.341 e. The van der Waals surface area contributed by atoms with E-state index < -0.39 is 28.4 Å². The number of hydrogen-bond donors (Lipinski definition) is 2. The highest BCUT2D eigenvalue weighted by atomic mass is 35.5. The molecule has 0 unspecified atom stereocenters. The average molecular weight is 518 g/mol. The Morgan fingerprint density at radius 3 is 2.37 bits per heavy atom. The summed E-state index contributed by atoms with van der Waals surface area (Å²) >= 11 is 6.68. The fourth-order valence-electron chi connectivity index (χ4n) is 3.12. The lowest BCUT2D eigenvalue weighted by Gasteiger charge is -2.07. The highest BCUT2D eigenvalue weighted by Crippen LogP contribution is 2.35. The molecule has 0 aliphatic rings. The second-order valence-corrected chi connectivity index (χ2v) is 8.47. The van der Waals surface area contributed by atoms with E-state index >= 15 is 0 Å². The third-order valence-corrected chi connectivity index (χ3v) is 6.32. The first-order valence-corrected chi connectivity index (χ1v) is 11.4. The molecule has 0 radical (unpaired) electrons. The number of ether oxygens (including phenoxy) is 2. The van der Waals surface area contributed by atoms with Crippen molar-refractivity contribution in [3.63, 3.8) is 0 Å². The summed E-state index contributed by atoms with van der Waals surface area (Å²) in [7, 11) is 1.17. The minimum Gasteiger partial charge on any atom is -0.494 e. The maximum atomic E-state index is 12.9. The van der Waals surface area contributed by atoms with Crippen molar-refractivity contribution < 1.29 is 28.8 Å². The molecule has 1 aromatic heterocycles. The molecular formula is C23H20ClN3O7S. The van der Waals surface area contributed by atoms with Crippen molar-refractivity contribution in [1.29, 1.82) is 0 Å². The van der Waals surface area contributed by atoms with Crippen molar-refractivity contribution in [3.8, 4) is 5.75 Å². The zero-order chi connectivity index (χ0) is 25.7. The van der Waals surface area contributed by atoms with E-state index in [-0.39, 0.29) is 26.0 Å². The van der Waals surface area contributed by atoms with Gasteiger partial charge in [-0.1, -0.05) is 11.6 Å². The zero-order valence-corrected chi connectivity index (χ0v) is 20.4. The van der Waals surface area contributed by atoms with Gasteiger partial charge in [-0.25, -0.2) is 4.79 Å². The molecule has 182 valence electrons. The van der Waals surface area contributed by atoms with Gasteiger partial charge in [-0.3, -0.25) is 19.7 Å². The highest BCUT2D eigenvalue weighted by molar-refractivity contribution is 7.19. The molecule has 0 saturated heterocycles. The van der Waals surface area contributed by atoms with Gasteiger partial charge < -0.3 is 20.1 Å². The Kier molecular flexibility index (Phi) is 8.05. The Morgan fingerprint density at radius 2 is 1.77 bits per heavy atom. The van der Waals surface area contributed by atoms with E-state index in [2.05, 4.69) is 10.6 Å². The van der Waals surface area contributed by atoms with Crippen LogP contribution in [-0.2, 0) is 4.74 Å². The quantitative estimate of drug-likeness (QED) is 0.235. The van der Waals surface area contributed by atoms with Gasteiger partial charge in [-0.2, -0.15) is 0 Å². The van der Waals surface area contributed by atoms with E-state index in [1.807, 2.05) is 6.92 Å². The van der Waals surface area contributed by atoms with Gasteiger partial charge in [-0.15, -0.1) is 11.3 Å². The Hall–Kier alpha value is -3.96. The summed E-state index contributed by atoms with van der Waals surface area (Å²) in [6, 6.07) is 10.3. The predicted octanol–water partition coefficient (Wildman–Crippen LogP) is 5.31. The predicted molar refractivity (Wildman–Crippen MR) is 132 cm³/mol. The van der Waals surface area contributed by atoms with Crippen molar-refractivity contribution in [3.05, 3.63) is 79.2 Å². The zero-order valence-electron chi connectivity index (χ0n) is 18.8. The van der Waals surface area contributed by atoms with Crippen LogP contribution in [0.3, 0.4) is 0 Å². The molecule has 35 heavy (non-hydrogen) atoms. The number of esters is 1. The van der Waals surface area contributed by atoms with E-state index in [9.17, 15) is 24.5 Å². The number of thiophene rings is 1. The molecule has 0 spiro atoms. The molecule has 2 N–H and O–H groups in total. The number of carbonyl (C=O) groups excluding carboxylic acids is 3. The van der Waals surface area contributed by atoms with Crippen LogP contribution >= 0.6 is 22.9 Å². The largest absolute Gasteiger partial charge is 0.494 e. The SMILES string of the molecule is CCOc1ccc(NC(=O)c2sc(NC(=O)c3ccc(Cl)c([N+](=O)[O-])c3)c(C(=O)OC)c2C)cc1. The molecule has 0 aliphatic carbocycles. The van der Waals surface area contributed by atoms with Crippen molar-refractivity contribution in [2.75, 3.05) is 24.4 Å². The van der Waals surface area contributed by atoms with Crippen LogP contribution < -0.4 is 15.4 Å². The van der Waals surface area contributed by atoms with Gasteiger partial charge in [0.2, 0.25) is 0 Å². The first-order valence-electron chi connectivity index (χ1n) is 10.2. The van der Waals surface area contributed by atoms with E-state index in [4.69, 9.17) is 21.1 Å². The number of benzene rings is 2. The van der Waals surface area contributed by atoms with Crippen LogP contribution in [0.2, 0.25) is 5.02 Å². The van der Waals surface area contributed by atoms with Crippen LogP contribution in [0.15, 0.2) is 42.5 Å². The van der Waals surface area contributed by atoms with Crippen LogP contribution in [-0.4, -0.2) is 36.4 Å². The number of nitro groups is 1. The molecule has 0 aliphatic heterocycles. The maximum Gasteiger partial charge on any atom is 0.341 e. The number of halogens is 1. The summed E-state index contributed by atoms with van der Waals surface area (Å²) in [6.07, 6.45) is 0. The lowest BCUT2D eigenvalue weighted by Crippen LogP contribution is -2.14. The Balaban J connectivity index is 1.90. The number of anilines is 2. The summed E-state index contributed by atoms with van der Waals surface area (Å²) in [5, 5.41) is 16.4. The monoisotopic (exact) mass is 517 g/mol. The number of rotatable bonds is 8. The first-order chi connectivity index (χ1) is 16.7. The molecule has 3 aromatic rings. The molecule has 3 rings (SSSR count). The molecule has 2 aromatic carbocycles. The summed E-state index contributed by atoms with van der Waals surface area (Å²) in [6.45, 7) is 3.92. The Labute approximate surface area is 209 Å². The molecule has 0 bridgehead atoms. The van der Waals surface area contributed by atoms with Crippen LogP contribution in [0.25, 0.3) is 0 Å². The van der Waals surface area contributed by atoms with E-state index in [1.165, 1.54) is 19.2 Å². The van der Waals surface area contributed by atoms with Crippen molar-refractivity contribution in [2.24, 2.45) is 0 Å². The van der Waals surface area contributed by atoms with Crippen molar-refractivity contribution in [1.82, 2.24) is 0 Å². The van der Waals surface area contributed by atoms with E-state index in [0.29, 0.717) is 23.6 Å². The van der Waals surface area contributed by atoms with Crippen LogP contribution in [0.1, 0.15) is 42.9 Å². The third kappa shape index (κ3) is 5.76. The fourth-order valence-corrected chi connectivity index (χ4v) is 4.40. The normalized spacial score (nSPS) is 10.4. The lowest BCUT2D eigenvalue weighted by molar-refractivity contribution is -0.384. The number of amides is 2. The summed E-state index contributed by atoms with van der Waals surface area (Å²) in [5.41, 5.74) is 0.326. The molecular weight excluding hydrogens is 498 g/mol. The summed E-state index contributed by atoms with van der Waals surface area (Å²) in [4.78, 5) is 48.8. The summed E-state index contributed by atoms with van der Waals surface area (Å²) < 4.78 is 10.2. The molecule has 0 atom stereocenters. The van der Waals surface area contributed by atoms with Gasteiger partial charge in [0.05, 0.1) is 29.1 Å². The second-order valence-electron chi connectivity index (χ2n) is 7.04. The van der Waals surface area contributed by atoms with Gasteiger partial charge in [0, 0.05) is 17.3 Å². The minimum absolute atomic E-state index is 0.00570. The third-order valence-electron chi connectivity index (χ3n) is 4.80. The number of nitrogens with one attached hydrogen (secondary N) is 2. The topological polar surface area (TPSA) is 137 Å². The van der Waals surface area contributed by atoms with Crippen molar-refractivity contribution in [2.45, 2.75) is 13.8 Å². The molecule has 0 fully saturated rings. The van der Waals surface area contributed by atoms with Crippen molar-refractivity contribution >= 4 is 57.1 Å². The van der Waals surface area contributed by atoms with Gasteiger partial charge in [-0.05, 0) is 55.8 Å². The van der Waals surface area contributed by atoms with Gasteiger partial charge in [0.25, 0.3) is 17.5 Å². The second kappa shape index (κ2) is 11.0. The van der Waals surface area contributed by atoms with Crippen LogP contribution in [0.5, 0.6) is 5.75 Å². The Bertz CT molecular complexity index is 1310. The number of hydrogen-bond acceptors (Lipinski definition) is 8. The summed E-state index contributed by atoms with van der Waals surface area (Å²) in [5.74, 6) is -1.33. The van der Waals surface area contributed by atoms with Gasteiger partial charge in [0.1, 0.15) is 15.8 Å². The molecule has 10 nitrogen and oxygen atoms in total. The number of nitro benzene ring substituents is 1. The highest BCUT2D eigenvalue weighted by Gasteiger charge is 2.27. The van der Waals surface area contributed by atoms with E-state index in [0.717, 1.165) is 17.4 Å². The lowest BCUT2D eigenvalue weighted by atomic mass is 10.1. The maximum absolute atomic E-state index is 12.9. The van der Waals surface area contributed by atoms with Gasteiger partial charge >= 0.3 is 5.97 Å². The van der Waals surface area contributed by atoms with Crippen LogP contribution in [0, 0.1) is 17.0 Å². The standard InChI is InChI=1S/C23H20ClN3O7S/c1-4-34-15-8-6-14(7-9-15)25-21(29)19-12(2)18(23(30)33-3)22(35-19)26-20(28)13-5-10-16(24)17(11-13)27(31)32/h5-11H,4H2,1-3H3,(H,25,29)(H,26,28). The molecule has 0 saturated carbocycles.